The number of carbonyl (C=O) groups is 1. The molecule has 1 amide bonds. The van der Waals surface area contributed by atoms with Crippen molar-refractivity contribution in [3.63, 3.8) is 0 Å². The summed E-state index contributed by atoms with van der Waals surface area (Å²) in [6.45, 7) is 4.07. The molecule has 1 aromatic carbocycles. The Morgan fingerprint density at radius 1 is 1.05 bits per heavy atom. The minimum Gasteiger partial charge on any atom is -0.339 e. The molecule has 0 spiro atoms. The number of benzene rings is 1. The van der Waals surface area contributed by atoms with Crippen LogP contribution in [0.4, 0.5) is 0 Å². The van der Waals surface area contributed by atoms with Crippen molar-refractivity contribution in [3.05, 3.63) is 35.4 Å². The number of hydrogen-bond acceptors (Lipinski definition) is 2. The van der Waals surface area contributed by atoms with Crippen LogP contribution in [0.15, 0.2) is 24.3 Å². The zero-order chi connectivity index (χ0) is 13.1. The number of likely N-dealkylation sites (tertiary alicyclic amines) is 1. The second-order valence-electron chi connectivity index (χ2n) is 5.65. The lowest BCUT2D eigenvalue weighted by molar-refractivity contribution is 0.0793. The minimum atomic E-state index is 0.203. The lowest BCUT2D eigenvalue weighted by Crippen LogP contribution is -2.28. The molecule has 2 heterocycles. The van der Waals surface area contributed by atoms with E-state index in [1.54, 1.807) is 0 Å². The largest absolute Gasteiger partial charge is 0.339 e. The first kappa shape index (κ1) is 12.7. The SMILES string of the molecule is O=C(c1ccc(C2CCNCC2)cc1)N1CCCC1. The van der Waals surface area contributed by atoms with Crippen LogP contribution in [0.2, 0.25) is 0 Å². The van der Waals surface area contributed by atoms with Gasteiger partial charge in [-0.2, -0.15) is 0 Å². The van der Waals surface area contributed by atoms with Gasteiger partial charge in [-0.1, -0.05) is 12.1 Å². The lowest BCUT2D eigenvalue weighted by Gasteiger charge is -2.23. The molecule has 19 heavy (non-hydrogen) atoms. The van der Waals surface area contributed by atoms with Crippen LogP contribution in [0.1, 0.15) is 47.5 Å². The predicted molar refractivity (Wildman–Crippen MR) is 76.4 cm³/mol. The Bertz CT molecular complexity index is 429. The first-order chi connectivity index (χ1) is 9.34. The maximum atomic E-state index is 12.3. The number of nitrogens with one attached hydrogen (secondary N) is 1. The fourth-order valence-corrected chi connectivity index (χ4v) is 3.16. The number of hydrogen-bond donors (Lipinski definition) is 1. The summed E-state index contributed by atoms with van der Waals surface area (Å²) < 4.78 is 0. The molecule has 2 saturated heterocycles. The summed E-state index contributed by atoms with van der Waals surface area (Å²) in [7, 11) is 0. The molecule has 2 aliphatic heterocycles. The van der Waals surface area contributed by atoms with Crippen molar-refractivity contribution in [2.45, 2.75) is 31.6 Å². The Labute approximate surface area is 115 Å². The molecule has 3 rings (SSSR count). The Balaban J connectivity index is 1.69. The molecule has 3 nitrogen and oxygen atoms in total. The van der Waals surface area contributed by atoms with Gasteiger partial charge in [0.2, 0.25) is 0 Å². The van der Waals surface area contributed by atoms with Crippen molar-refractivity contribution in [1.82, 2.24) is 10.2 Å². The van der Waals surface area contributed by atoms with E-state index >= 15 is 0 Å². The fourth-order valence-electron chi connectivity index (χ4n) is 3.16. The molecule has 102 valence electrons. The maximum absolute atomic E-state index is 12.3. The summed E-state index contributed by atoms with van der Waals surface area (Å²) in [5.74, 6) is 0.867. The Morgan fingerprint density at radius 3 is 2.32 bits per heavy atom. The zero-order valence-corrected chi connectivity index (χ0v) is 11.4. The normalized spacial score (nSPS) is 20.7. The standard InChI is InChI=1S/C16H22N2O/c19-16(18-11-1-2-12-18)15-5-3-13(4-6-15)14-7-9-17-10-8-14/h3-6,14,17H,1-2,7-12H2. The van der Waals surface area contributed by atoms with E-state index in [-0.39, 0.29) is 5.91 Å². The highest BCUT2D eigenvalue weighted by Gasteiger charge is 2.20. The molecule has 0 aromatic heterocycles. The van der Waals surface area contributed by atoms with Crippen LogP contribution in [-0.4, -0.2) is 37.0 Å². The fraction of sp³-hybridized carbons (Fsp3) is 0.562. The van der Waals surface area contributed by atoms with Gasteiger partial charge in [0.1, 0.15) is 0 Å². The van der Waals surface area contributed by atoms with Crippen molar-refractivity contribution in [2.24, 2.45) is 0 Å². The van der Waals surface area contributed by atoms with Gasteiger partial charge in [0, 0.05) is 18.7 Å². The van der Waals surface area contributed by atoms with E-state index in [1.807, 2.05) is 17.0 Å². The second-order valence-corrected chi connectivity index (χ2v) is 5.65. The molecule has 2 fully saturated rings. The maximum Gasteiger partial charge on any atom is 0.253 e. The molecule has 0 saturated carbocycles. The number of nitrogens with zero attached hydrogens (tertiary/aromatic N) is 1. The van der Waals surface area contributed by atoms with E-state index in [9.17, 15) is 4.79 Å². The number of amides is 1. The molecule has 0 atom stereocenters. The molecule has 0 aliphatic carbocycles. The summed E-state index contributed by atoms with van der Waals surface area (Å²) >= 11 is 0. The first-order valence-electron chi connectivity index (χ1n) is 7.44. The lowest BCUT2D eigenvalue weighted by atomic mass is 9.90. The average molecular weight is 258 g/mol. The van der Waals surface area contributed by atoms with Crippen molar-refractivity contribution >= 4 is 5.91 Å². The number of piperidine rings is 1. The van der Waals surface area contributed by atoms with Gasteiger partial charge in [-0.15, -0.1) is 0 Å². The highest BCUT2D eigenvalue weighted by atomic mass is 16.2. The van der Waals surface area contributed by atoms with Crippen LogP contribution >= 0.6 is 0 Å². The van der Waals surface area contributed by atoms with Gasteiger partial charge in [0.15, 0.2) is 0 Å². The summed E-state index contributed by atoms with van der Waals surface area (Å²) in [4.78, 5) is 14.2. The Morgan fingerprint density at radius 2 is 1.68 bits per heavy atom. The van der Waals surface area contributed by atoms with Gasteiger partial charge in [-0.05, 0) is 62.4 Å². The second kappa shape index (κ2) is 5.74. The molecule has 0 unspecified atom stereocenters. The third kappa shape index (κ3) is 2.81. The van der Waals surface area contributed by atoms with Crippen molar-refractivity contribution in [3.8, 4) is 0 Å². The van der Waals surface area contributed by atoms with E-state index in [2.05, 4.69) is 17.4 Å². The van der Waals surface area contributed by atoms with Crippen molar-refractivity contribution in [2.75, 3.05) is 26.2 Å². The highest BCUT2D eigenvalue weighted by molar-refractivity contribution is 5.94. The molecule has 3 heteroatoms. The van der Waals surface area contributed by atoms with Crippen molar-refractivity contribution < 1.29 is 4.79 Å². The van der Waals surface area contributed by atoms with Crippen LogP contribution in [0.5, 0.6) is 0 Å². The van der Waals surface area contributed by atoms with Gasteiger partial charge in [-0.25, -0.2) is 0 Å². The van der Waals surface area contributed by atoms with Crippen LogP contribution in [0.25, 0.3) is 0 Å². The van der Waals surface area contributed by atoms with E-state index in [0.29, 0.717) is 5.92 Å². The Kier molecular flexibility index (Phi) is 3.83. The van der Waals surface area contributed by atoms with Crippen LogP contribution in [0, 0.1) is 0 Å². The third-order valence-electron chi connectivity index (χ3n) is 4.36. The van der Waals surface area contributed by atoms with E-state index < -0.39 is 0 Å². The van der Waals surface area contributed by atoms with E-state index in [4.69, 9.17) is 0 Å². The smallest absolute Gasteiger partial charge is 0.253 e. The summed E-state index contributed by atoms with van der Waals surface area (Å²) in [6, 6.07) is 8.33. The van der Waals surface area contributed by atoms with Gasteiger partial charge in [0.25, 0.3) is 5.91 Å². The van der Waals surface area contributed by atoms with E-state index in [1.165, 1.54) is 18.4 Å². The average Bonchev–Trinajstić information content (AvgIpc) is 3.02. The first-order valence-corrected chi connectivity index (χ1v) is 7.44. The minimum absolute atomic E-state index is 0.203. The number of carbonyl (C=O) groups excluding carboxylic acids is 1. The molecular weight excluding hydrogens is 236 g/mol. The van der Waals surface area contributed by atoms with Crippen molar-refractivity contribution in [1.29, 1.82) is 0 Å². The van der Waals surface area contributed by atoms with Gasteiger partial charge < -0.3 is 10.2 Å². The third-order valence-corrected chi connectivity index (χ3v) is 4.36. The zero-order valence-electron chi connectivity index (χ0n) is 11.4. The Hall–Kier alpha value is -1.35. The van der Waals surface area contributed by atoms with E-state index in [0.717, 1.165) is 44.6 Å². The molecular formula is C16H22N2O. The topological polar surface area (TPSA) is 32.3 Å². The van der Waals surface area contributed by atoms with Gasteiger partial charge in [0.05, 0.1) is 0 Å². The monoisotopic (exact) mass is 258 g/mol. The van der Waals surface area contributed by atoms with Crippen LogP contribution in [0.3, 0.4) is 0 Å². The van der Waals surface area contributed by atoms with Gasteiger partial charge in [-0.3, -0.25) is 4.79 Å². The number of rotatable bonds is 2. The summed E-state index contributed by atoms with van der Waals surface area (Å²) in [5, 5.41) is 3.39. The molecule has 0 bridgehead atoms. The molecule has 1 aromatic rings. The van der Waals surface area contributed by atoms with Gasteiger partial charge >= 0.3 is 0 Å². The molecule has 2 aliphatic rings. The summed E-state index contributed by atoms with van der Waals surface area (Å²) in [5.41, 5.74) is 2.24. The van der Waals surface area contributed by atoms with Crippen LogP contribution < -0.4 is 5.32 Å². The highest BCUT2D eigenvalue weighted by Crippen LogP contribution is 2.25. The summed E-state index contributed by atoms with van der Waals surface area (Å²) in [6.07, 6.45) is 4.72. The molecule has 1 N–H and O–H groups in total. The van der Waals surface area contributed by atoms with Crippen LogP contribution in [-0.2, 0) is 0 Å². The molecule has 0 radical (unpaired) electrons. The predicted octanol–water partition coefficient (Wildman–Crippen LogP) is 2.39. The quantitative estimate of drug-likeness (QED) is 0.883.